The molecule has 1 fully saturated rings. The van der Waals surface area contributed by atoms with Crippen molar-refractivity contribution in [2.24, 2.45) is 0 Å². The van der Waals surface area contributed by atoms with Crippen molar-refractivity contribution in [2.45, 2.75) is 19.3 Å². The van der Waals surface area contributed by atoms with Crippen LogP contribution in [0.4, 0.5) is 11.4 Å². The predicted molar refractivity (Wildman–Crippen MR) is 138 cm³/mol. The van der Waals surface area contributed by atoms with Crippen LogP contribution >= 0.6 is 0 Å². The van der Waals surface area contributed by atoms with Crippen LogP contribution in [-0.2, 0) is 6.42 Å². The zero-order valence-corrected chi connectivity index (χ0v) is 20.2. The van der Waals surface area contributed by atoms with Gasteiger partial charge in [-0.2, -0.15) is 0 Å². The van der Waals surface area contributed by atoms with Crippen LogP contribution in [0.15, 0.2) is 66.7 Å². The maximum Gasteiger partial charge on any atom is 0.263 e. The van der Waals surface area contributed by atoms with Crippen molar-refractivity contribution in [3.05, 3.63) is 83.4 Å². The van der Waals surface area contributed by atoms with Gasteiger partial charge in [-0.05, 0) is 55.2 Å². The molecule has 7 nitrogen and oxygen atoms in total. The lowest BCUT2D eigenvalue weighted by Crippen LogP contribution is -2.29. The monoisotopic (exact) mass is 473 g/mol. The number of hydrogen-bond acceptors (Lipinski definition) is 5. The van der Waals surface area contributed by atoms with E-state index in [2.05, 4.69) is 15.5 Å². The van der Waals surface area contributed by atoms with E-state index >= 15 is 0 Å². The topological polar surface area (TPSA) is 79.9 Å². The summed E-state index contributed by atoms with van der Waals surface area (Å²) in [5.41, 5.74) is 3.42. The van der Waals surface area contributed by atoms with Crippen LogP contribution in [0, 0.1) is 0 Å². The molecule has 0 aromatic heterocycles. The molecule has 182 valence electrons. The summed E-state index contributed by atoms with van der Waals surface area (Å²) in [4.78, 5) is 28.6. The molecule has 1 aliphatic heterocycles. The van der Waals surface area contributed by atoms with E-state index in [4.69, 9.17) is 9.47 Å². The Balaban J connectivity index is 1.56. The Morgan fingerprint density at radius 2 is 1.54 bits per heavy atom. The molecule has 0 unspecified atom stereocenters. The predicted octanol–water partition coefficient (Wildman–Crippen LogP) is 4.53. The largest absolute Gasteiger partial charge is 0.496 e. The second kappa shape index (κ2) is 11.4. The Labute approximate surface area is 206 Å². The number of carbonyl (C=O) groups is 2. The van der Waals surface area contributed by atoms with Gasteiger partial charge in [0.25, 0.3) is 11.8 Å². The lowest BCUT2D eigenvalue weighted by molar-refractivity contribution is 0.0953. The first kappa shape index (κ1) is 24.1. The molecule has 35 heavy (non-hydrogen) atoms. The second-order valence-electron chi connectivity index (χ2n) is 8.41. The van der Waals surface area contributed by atoms with Gasteiger partial charge in [0.15, 0.2) is 0 Å². The molecule has 3 aromatic rings. The van der Waals surface area contributed by atoms with E-state index in [-0.39, 0.29) is 11.8 Å². The molecule has 7 heteroatoms. The Bertz CT molecular complexity index is 1150. The number of rotatable bonds is 9. The summed E-state index contributed by atoms with van der Waals surface area (Å²) in [6, 6.07) is 20.7. The van der Waals surface area contributed by atoms with Crippen molar-refractivity contribution in [1.82, 2.24) is 5.32 Å². The summed E-state index contributed by atoms with van der Waals surface area (Å²) in [6.45, 7) is 2.35. The standard InChI is InChI=1S/C28H31N3O4/c1-34-24-11-8-12-25(35-2)26(24)28(33)30-21-13-14-23(31-17-6-7-18-31)22(19-21)27(32)29-16-15-20-9-4-3-5-10-20/h3-5,8-14,19H,6-7,15-18H2,1-2H3,(H,29,32)(H,30,33). The normalized spacial score (nSPS) is 12.8. The van der Waals surface area contributed by atoms with Crippen LogP contribution < -0.4 is 25.0 Å². The highest BCUT2D eigenvalue weighted by atomic mass is 16.5. The van der Waals surface area contributed by atoms with Gasteiger partial charge in [-0.15, -0.1) is 0 Å². The first-order valence-corrected chi connectivity index (χ1v) is 11.8. The Morgan fingerprint density at radius 1 is 0.857 bits per heavy atom. The average Bonchev–Trinajstić information content (AvgIpc) is 3.43. The molecular formula is C28H31N3O4. The zero-order valence-electron chi connectivity index (χ0n) is 20.2. The number of benzene rings is 3. The van der Waals surface area contributed by atoms with Crippen LogP contribution in [0.3, 0.4) is 0 Å². The fraction of sp³-hybridized carbons (Fsp3) is 0.286. The fourth-order valence-electron chi connectivity index (χ4n) is 4.36. The zero-order chi connectivity index (χ0) is 24.6. The number of carbonyl (C=O) groups excluding carboxylic acids is 2. The van der Waals surface area contributed by atoms with E-state index in [1.807, 2.05) is 42.5 Å². The Kier molecular flexibility index (Phi) is 7.88. The van der Waals surface area contributed by atoms with E-state index in [1.54, 1.807) is 24.3 Å². The smallest absolute Gasteiger partial charge is 0.263 e. The minimum Gasteiger partial charge on any atom is -0.496 e. The van der Waals surface area contributed by atoms with Crippen molar-refractivity contribution in [1.29, 1.82) is 0 Å². The van der Waals surface area contributed by atoms with Gasteiger partial charge in [0.2, 0.25) is 0 Å². The van der Waals surface area contributed by atoms with Gasteiger partial charge < -0.3 is 25.0 Å². The second-order valence-corrected chi connectivity index (χ2v) is 8.41. The molecule has 0 saturated carbocycles. The van der Waals surface area contributed by atoms with E-state index in [9.17, 15) is 9.59 Å². The van der Waals surface area contributed by atoms with Gasteiger partial charge in [-0.25, -0.2) is 0 Å². The molecule has 3 aromatic carbocycles. The van der Waals surface area contributed by atoms with Crippen molar-refractivity contribution in [2.75, 3.05) is 44.1 Å². The van der Waals surface area contributed by atoms with E-state index < -0.39 is 0 Å². The van der Waals surface area contributed by atoms with Crippen molar-refractivity contribution >= 4 is 23.2 Å². The molecule has 0 radical (unpaired) electrons. The Morgan fingerprint density at radius 3 is 2.20 bits per heavy atom. The number of ether oxygens (including phenoxy) is 2. The summed E-state index contributed by atoms with van der Waals surface area (Å²) in [7, 11) is 3.02. The molecule has 4 rings (SSSR count). The summed E-state index contributed by atoms with van der Waals surface area (Å²) in [5.74, 6) is 0.293. The summed E-state index contributed by atoms with van der Waals surface area (Å²) in [5, 5.41) is 5.95. The number of amides is 2. The molecule has 1 aliphatic rings. The average molecular weight is 474 g/mol. The van der Waals surface area contributed by atoms with Gasteiger partial charge >= 0.3 is 0 Å². The first-order valence-electron chi connectivity index (χ1n) is 11.8. The molecule has 1 saturated heterocycles. The van der Waals surface area contributed by atoms with Gasteiger partial charge in [0.1, 0.15) is 17.1 Å². The fourth-order valence-corrected chi connectivity index (χ4v) is 4.36. The van der Waals surface area contributed by atoms with Crippen molar-refractivity contribution < 1.29 is 19.1 Å². The van der Waals surface area contributed by atoms with Crippen molar-refractivity contribution in [3.8, 4) is 11.5 Å². The van der Waals surface area contributed by atoms with Gasteiger partial charge in [0.05, 0.1) is 19.8 Å². The quantitative estimate of drug-likeness (QED) is 0.477. The van der Waals surface area contributed by atoms with Gasteiger partial charge in [-0.3, -0.25) is 9.59 Å². The highest BCUT2D eigenvalue weighted by molar-refractivity contribution is 6.09. The van der Waals surface area contributed by atoms with E-state index in [1.165, 1.54) is 19.8 Å². The number of hydrogen-bond donors (Lipinski definition) is 2. The summed E-state index contributed by atoms with van der Waals surface area (Å²) >= 11 is 0. The molecule has 0 aliphatic carbocycles. The lowest BCUT2D eigenvalue weighted by Gasteiger charge is -2.22. The minimum atomic E-state index is -0.372. The van der Waals surface area contributed by atoms with Crippen LogP contribution in [0.1, 0.15) is 39.1 Å². The summed E-state index contributed by atoms with van der Waals surface area (Å²) in [6.07, 6.45) is 2.94. The van der Waals surface area contributed by atoms with Crippen molar-refractivity contribution in [3.63, 3.8) is 0 Å². The molecule has 2 amide bonds. The number of methoxy groups -OCH3 is 2. The van der Waals surface area contributed by atoms with E-state index in [0.29, 0.717) is 34.9 Å². The number of nitrogens with one attached hydrogen (secondary N) is 2. The molecule has 0 bridgehead atoms. The van der Waals surface area contributed by atoms with Gasteiger partial charge in [0, 0.05) is 31.0 Å². The van der Waals surface area contributed by atoms with Gasteiger partial charge in [-0.1, -0.05) is 36.4 Å². The highest BCUT2D eigenvalue weighted by Crippen LogP contribution is 2.31. The summed E-state index contributed by atoms with van der Waals surface area (Å²) < 4.78 is 10.7. The SMILES string of the molecule is COc1cccc(OC)c1C(=O)Nc1ccc(N2CCCC2)c(C(=O)NCCc2ccccc2)c1. The van der Waals surface area contributed by atoms with Crippen LogP contribution in [-0.4, -0.2) is 45.7 Å². The first-order chi connectivity index (χ1) is 17.1. The number of anilines is 2. The van der Waals surface area contributed by atoms with E-state index in [0.717, 1.165) is 38.0 Å². The Hall–Kier alpha value is -4.00. The third-order valence-electron chi connectivity index (χ3n) is 6.14. The molecule has 0 spiro atoms. The lowest BCUT2D eigenvalue weighted by atomic mass is 10.1. The van der Waals surface area contributed by atoms with Crippen LogP contribution in [0.25, 0.3) is 0 Å². The third kappa shape index (κ3) is 5.74. The number of nitrogens with zero attached hydrogens (tertiary/aromatic N) is 1. The van der Waals surface area contributed by atoms with Crippen LogP contribution in [0.2, 0.25) is 0 Å². The molecular weight excluding hydrogens is 442 g/mol. The maximum absolute atomic E-state index is 13.2. The molecule has 2 N–H and O–H groups in total. The highest BCUT2D eigenvalue weighted by Gasteiger charge is 2.22. The third-order valence-corrected chi connectivity index (χ3v) is 6.14. The maximum atomic E-state index is 13.2. The minimum absolute atomic E-state index is 0.159. The molecule has 0 atom stereocenters. The molecule has 1 heterocycles. The van der Waals surface area contributed by atoms with Crippen LogP contribution in [0.5, 0.6) is 11.5 Å².